The molecule has 22 heavy (non-hydrogen) atoms. The molecular weight excluding hydrogens is 276 g/mol. The van der Waals surface area contributed by atoms with E-state index in [0.29, 0.717) is 19.5 Å². The molecule has 1 aromatic carbocycles. The Labute approximate surface area is 133 Å². The number of hydrogen-bond donors (Lipinski definition) is 2. The largest absolute Gasteiger partial charge is 0.356 e. The van der Waals surface area contributed by atoms with Crippen LogP contribution in [0.4, 0.5) is 0 Å². The maximum atomic E-state index is 11.7. The minimum Gasteiger partial charge on any atom is -0.356 e. The van der Waals surface area contributed by atoms with Crippen LogP contribution in [0.1, 0.15) is 51.7 Å². The molecule has 0 bridgehead atoms. The van der Waals surface area contributed by atoms with Crippen LogP contribution in [-0.2, 0) is 21.4 Å². The zero-order valence-corrected chi connectivity index (χ0v) is 14.2. The predicted octanol–water partition coefficient (Wildman–Crippen LogP) is 2.56. The first-order valence-corrected chi connectivity index (χ1v) is 7.89. The van der Waals surface area contributed by atoms with E-state index in [1.807, 2.05) is 0 Å². The van der Waals surface area contributed by atoms with Gasteiger partial charge >= 0.3 is 0 Å². The van der Waals surface area contributed by atoms with Crippen LogP contribution in [0.5, 0.6) is 0 Å². The van der Waals surface area contributed by atoms with Crippen LogP contribution in [0.3, 0.4) is 0 Å². The number of carbonyl (C=O) groups is 2. The van der Waals surface area contributed by atoms with Crippen molar-refractivity contribution < 1.29 is 9.59 Å². The van der Waals surface area contributed by atoms with E-state index in [0.717, 1.165) is 12.8 Å². The molecule has 0 saturated heterocycles. The average Bonchev–Trinajstić information content (AvgIpc) is 2.44. The molecule has 0 aromatic heterocycles. The number of amides is 2. The Morgan fingerprint density at radius 2 is 1.59 bits per heavy atom. The standard InChI is InChI=1S/C18H28N2O2/c1-14(21)19-12-5-13-20-17(22)11-8-15-6-9-16(10-7-15)18(2,3)4/h6-7,9-10H,5,8,11-13H2,1-4H3,(H,19,21)(H,20,22). The Morgan fingerprint density at radius 3 is 2.14 bits per heavy atom. The monoisotopic (exact) mass is 304 g/mol. The Hall–Kier alpha value is -1.84. The molecule has 0 saturated carbocycles. The second-order valence-electron chi connectivity index (χ2n) is 6.63. The van der Waals surface area contributed by atoms with Gasteiger partial charge in [0.1, 0.15) is 0 Å². The summed E-state index contributed by atoms with van der Waals surface area (Å²) in [5, 5.41) is 5.58. The highest BCUT2D eigenvalue weighted by Crippen LogP contribution is 2.22. The zero-order valence-electron chi connectivity index (χ0n) is 14.2. The van der Waals surface area contributed by atoms with Crippen LogP contribution in [-0.4, -0.2) is 24.9 Å². The smallest absolute Gasteiger partial charge is 0.220 e. The van der Waals surface area contributed by atoms with Crippen molar-refractivity contribution in [1.29, 1.82) is 0 Å². The molecule has 1 aromatic rings. The summed E-state index contributed by atoms with van der Waals surface area (Å²) in [6, 6.07) is 8.48. The molecule has 1 rings (SSSR count). The molecule has 0 unspecified atom stereocenters. The third kappa shape index (κ3) is 7.25. The highest BCUT2D eigenvalue weighted by Gasteiger charge is 2.12. The fourth-order valence-electron chi connectivity index (χ4n) is 2.10. The molecule has 4 heteroatoms. The van der Waals surface area contributed by atoms with Crippen molar-refractivity contribution in [3.05, 3.63) is 35.4 Å². The summed E-state index contributed by atoms with van der Waals surface area (Å²) in [5.41, 5.74) is 2.64. The highest BCUT2D eigenvalue weighted by molar-refractivity contribution is 5.76. The summed E-state index contributed by atoms with van der Waals surface area (Å²) in [6.07, 6.45) is 2.00. The first kappa shape index (κ1) is 18.2. The number of benzene rings is 1. The maximum absolute atomic E-state index is 11.7. The van der Waals surface area contributed by atoms with E-state index in [2.05, 4.69) is 55.7 Å². The fourth-order valence-corrected chi connectivity index (χ4v) is 2.10. The van der Waals surface area contributed by atoms with Gasteiger partial charge in [-0.3, -0.25) is 9.59 Å². The molecule has 0 aliphatic rings. The third-order valence-corrected chi connectivity index (χ3v) is 3.51. The van der Waals surface area contributed by atoms with Crippen LogP contribution in [0.25, 0.3) is 0 Å². The van der Waals surface area contributed by atoms with Gasteiger partial charge in [0.2, 0.25) is 11.8 Å². The fraction of sp³-hybridized carbons (Fsp3) is 0.556. The van der Waals surface area contributed by atoms with Crippen molar-refractivity contribution in [3.63, 3.8) is 0 Å². The van der Waals surface area contributed by atoms with Crippen LogP contribution in [0, 0.1) is 0 Å². The zero-order chi connectivity index (χ0) is 16.6. The molecule has 2 N–H and O–H groups in total. The van der Waals surface area contributed by atoms with E-state index in [1.54, 1.807) is 0 Å². The lowest BCUT2D eigenvalue weighted by Gasteiger charge is -2.19. The number of hydrogen-bond acceptors (Lipinski definition) is 2. The molecule has 0 heterocycles. The van der Waals surface area contributed by atoms with Gasteiger partial charge in [-0.1, -0.05) is 45.0 Å². The first-order chi connectivity index (χ1) is 10.3. The van der Waals surface area contributed by atoms with E-state index in [1.165, 1.54) is 18.1 Å². The SMILES string of the molecule is CC(=O)NCCCNC(=O)CCc1ccc(C(C)(C)C)cc1. The molecule has 0 aliphatic heterocycles. The van der Waals surface area contributed by atoms with Gasteiger partial charge in [-0.05, 0) is 29.4 Å². The Morgan fingerprint density at radius 1 is 1.00 bits per heavy atom. The summed E-state index contributed by atoms with van der Waals surface area (Å²) in [7, 11) is 0. The Kier molecular flexibility index (Phi) is 7.09. The number of rotatable bonds is 7. The lowest BCUT2D eigenvalue weighted by Crippen LogP contribution is -2.28. The summed E-state index contributed by atoms with van der Waals surface area (Å²) in [6.45, 7) is 9.26. The quantitative estimate of drug-likeness (QED) is 0.761. The van der Waals surface area contributed by atoms with Gasteiger partial charge in [-0.15, -0.1) is 0 Å². The molecule has 122 valence electrons. The molecular formula is C18H28N2O2. The second kappa shape index (κ2) is 8.57. The van der Waals surface area contributed by atoms with E-state index in [4.69, 9.17) is 0 Å². The number of nitrogens with one attached hydrogen (secondary N) is 2. The van der Waals surface area contributed by atoms with Gasteiger partial charge in [0.05, 0.1) is 0 Å². The van der Waals surface area contributed by atoms with Gasteiger partial charge in [-0.2, -0.15) is 0 Å². The normalized spacial score (nSPS) is 11.1. The molecule has 2 amide bonds. The molecule has 0 atom stereocenters. The lowest BCUT2D eigenvalue weighted by atomic mass is 9.86. The van der Waals surface area contributed by atoms with Crippen molar-refractivity contribution in [1.82, 2.24) is 10.6 Å². The van der Waals surface area contributed by atoms with Crippen LogP contribution in [0.15, 0.2) is 24.3 Å². The van der Waals surface area contributed by atoms with Gasteiger partial charge in [-0.25, -0.2) is 0 Å². The molecule has 0 aliphatic carbocycles. The minimum absolute atomic E-state index is 0.0370. The number of carbonyl (C=O) groups excluding carboxylic acids is 2. The van der Waals surface area contributed by atoms with Crippen LogP contribution in [0.2, 0.25) is 0 Å². The van der Waals surface area contributed by atoms with E-state index in [-0.39, 0.29) is 17.2 Å². The minimum atomic E-state index is -0.0370. The van der Waals surface area contributed by atoms with Gasteiger partial charge < -0.3 is 10.6 Å². The summed E-state index contributed by atoms with van der Waals surface area (Å²) < 4.78 is 0. The van der Waals surface area contributed by atoms with Crippen LogP contribution >= 0.6 is 0 Å². The first-order valence-electron chi connectivity index (χ1n) is 7.89. The van der Waals surface area contributed by atoms with E-state index >= 15 is 0 Å². The Balaban J connectivity index is 2.25. The van der Waals surface area contributed by atoms with Gasteiger partial charge in [0.25, 0.3) is 0 Å². The summed E-state index contributed by atoms with van der Waals surface area (Å²) in [5.74, 6) is 0.0211. The van der Waals surface area contributed by atoms with Gasteiger partial charge in [0.15, 0.2) is 0 Å². The van der Waals surface area contributed by atoms with Crippen molar-refractivity contribution in [3.8, 4) is 0 Å². The molecule has 0 radical (unpaired) electrons. The van der Waals surface area contributed by atoms with Crippen molar-refractivity contribution in [2.24, 2.45) is 0 Å². The second-order valence-corrected chi connectivity index (χ2v) is 6.63. The van der Waals surface area contributed by atoms with Crippen molar-refractivity contribution >= 4 is 11.8 Å². The topological polar surface area (TPSA) is 58.2 Å². The van der Waals surface area contributed by atoms with Crippen molar-refractivity contribution in [2.45, 2.75) is 52.4 Å². The highest BCUT2D eigenvalue weighted by atomic mass is 16.2. The third-order valence-electron chi connectivity index (χ3n) is 3.51. The average molecular weight is 304 g/mol. The summed E-state index contributed by atoms with van der Waals surface area (Å²) in [4.78, 5) is 22.4. The molecule has 0 fully saturated rings. The van der Waals surface area contributed by atoms with E-state index < -0.39 is 0 Å². The number of aryl methyl sites for hydroxylation is 1. The molecule has 4 nitrogen and oxygen atoms in total. The molecule has 0 spiro atoms. The lowest BCUT2D eigenvalue weighted by molar-refractivity contribution is -0.121. The van der Waals surface area contributed by atoms with E-state index in [9.17, 15) is 9.59 Å². The van der Waals surface area contributed by atoms with Crippen LogP contribution < -0.4 is 10.6 Å². The maximum Gasteiger partial charge on any atom is 0.220 e. The van der Waals surface area contributed by atoms with Crippen molar-refractivity contribution in [2.75, 3.05) is 13.1 Å². The summed E-state index contributed by atoms with van der Waals surface area (Å²) >= 11 is 0. The Bertz CT molecular complexity index is 487. The predicted molar refractivity (Wildman–Crippen MR) is 89.8 cm³/mol. The van der Waals surface area contributed by atoms with Gasteiger partial charge in [0, 0.05) is 26.4 Å².